The maximum Gasteiger partial charge on any atom is 0.362 e. The van der Waals surface area contributed by atoms with Crippen LogP contribution in [0.5, 0.6) is 0 Å². The lowest BCUT2D eigenvalue weighted by atomic mass is 9.73. The number of nitrogens with zero attached hydrogens (tertiary/aromatic N) is 4. The van der Waals surface area contributed by atoms with Crippen molar-refractivity contribution in [2.75, 3.05) is 13.2 Å². The number of oxime groups is 1. The second-order valence-electron chi connectivity index (χ2n) is 12.4. The topological polar surface area (TPSA) is 86.0 Å². The van der Waals surface area contributed by atoms with Crippen LogP contribution in [0.2, 0.25) is 0 Å². The van der Waals surface area contributed by atoms with E-state index >= 15 is 0 Å². The molecule has 8 heteroatoms. The third-order valence-corrected chi connectivity index (χ3v) is 9.92. The van der Waals surface area contributed by atoms with Crippen LogP contribution in [-0.2, 0) is 14.4 Å². The molecule has 4 fully saturated rings. The SMILES string of the molecule is CCON=C(C(=O)OCC)c1nc2ccccc2n(C2C[C@H]3CCC[C@@H](C2)N3C2CC3CCCCC(C3)C2)c1=O. The Bertz CT molecular complexity index is 1280. The van der Waals surface area contributed by atoms with Crippen LogP contribution in [0.1, 0.15) is 103 Å². The Kier molecular flexibility index (Phi) is 8.24. The van der Waals surface area contributed by atoms with Gasteiger partial charge in [0.1, 0.15) is 6.61 Å². The van der Waals surface area contributed by atoms with E-state index < -0.39 is 5.97 Å². The third-order valence-electron chi connectivity index (χ3n) is 9.92. The number of rotatable bonds is 7. The van der Waals surface area contributed by atoms with Crippen LogP contribution in [0, 0.1) is 11.8 Å². The number of esters is 1. The highest BCUT2D eigenvalue weighted by Crippen LogP contribution is 2.47. The van der Waals surface area contributed by atoms with Crippen LogP contribution in [0.15, 0.2) is 34.2 Å². The third kappa shape index (κ3) is 5.31. The van der Waals surface area contributed by atoms with Gasteiger partial charge in [-0.2, -0.15) is 0 Å². The normalized spacial score (nSPS) is 31.0. The lowest BCUT2D eigenvalue weighted by molar-refractivity contribution is -0.135. The molecule has 0 amide bonds. The summed E-state index contributed by atoms with van der Waals surface area (Å²) in [6.45, 7) is 3.97. The number of piperidine rings is 2. The van der Waals surface area contributed by atoms with Gasteiger partial charge in [0.05, 0.1) is 17.6 Å². The zero-order valence-electron chi connectivity index (χ0n) is 24.1. The average molecular weight is 549 g/mol. The molecule has 8 nitrogen and oxygen atoms in total. The molecule has 3 heterocycles. The van der Waals surface area contributed by atoms with E-state index in [9.17, 15) is 9.59 Å². The predicted molar refractivity (Wildman–Crippen MR) is 155 cm³/mol. The Hall–Kier alpha value is -2.74. The van der Waals surface area contributed by atoms with Gasteiger partial charge in [-0.1, -0.05) is 49.4 Å². The Morgan fingerprint density at radius 1 is 0.875 bits per heavy atom. The van der Waals surface area contributed by atoms with E-state index in [2.05, 4.69) is 15.0 Å². The molecule has 0 radical (unpaired) electrons. The van der Waals surface area contributed by atoms with Crippen LogP contribution in [0.25, 0.3) is 11.0 Å². The maximum atomic E-state index is 14.2. The van der Waals surface area contributed by atoms with E-state index in [1.165, 1.54) is 64.2 Å². The molecule has 2 saturated heterocycles. The summed E-state index contributed by atoms with van der Waals surface area (Å²) in [5.41, 5.74) is 1.06. The van der Waals surface area contributed by atoms with Crippen molar-refractivity contribution in [3.63, 3.8) is 0 Å². The highest BCUT2D eigenvalue weighted by atomic mass is 16.6. The Labute approximate surface area is 237 Å². The van der Waals surface area contributed by atoms with Crippen molar-refractivity contribution in [1.82, 2.24) is 14.5 Å². The van der Waals surface area contributed by atoms with Crippen LogP contribution in [-0.4, -0.2) is 57.5 Å². The van der Waals surface area contributed by atoms with Gasteiger partial charge in [-0.25, -0.2) is 9.78 Å². The van der Waals surface area contributed by atoms with Crippen molar-refractivity contribution >= 4 is 22.7 Å². The summed E-state index contributed by atoms with van der Waals surface area (Å²) in [6.07, 6.45) is 15.3. The first-order chi connectivity index (χ1) is 19.6. The van der Waals surface area contributed by atoms with Crippen LogP contribution < -0.4 is 5.56 Å². The van der Waals surface area contributed by atoms with Gasteiger partial charge in [-0.15, -0.1) is 0 Å². The monoisotopic (exact) mass is 548 g/mol. The Balaban J connectivity index is 1.36. The fourth-order valence-electron chi connectivity index (χ4n) is 8.48. The van der Waals surface area contributed by atoms with Gasteiger partial charge >= 0.3 is 5.97 Å². The maximum absolute atomic E-state index is 14.2. The van der Waals surface area contributed by atoms with E-state index in [0.29, 0.717) is 23.6 Å². The molecule has 4 aliphatic rings. The summed E-state index contributed by atoms with van der Waals surface area (Å²) >= 11 is 0. The summed E-state index contributed by atoms with van der Waals surface area (Å²) in [6, 6.07) is 9.47. The first-order valence-electron chi connectivity index (χ1n) is 15.7. The summed E-state index contributed by atoms with van der Waals surface area (Å²) in [7, 11) is 0. The first-order valence-corrected chi connectivity index (χ1v) is 15.7. The Morgan fingerprint density at radius 2 is 1.57 bits per heavy atom. The van der Waals surface area contributed by atoms with Crippen molar-refractivity contribution in [2.24, 2.45) is 17.0 Å². The van der Waals surface area contributed by atoms with Gasteiger partial charge < -0.3 is 14.1 Å². The number of para-hydroxylation sites is 2. The number of aromatic nitrogens is 2. The smallest absolute Gasteiger partial charge is 0.362 e. The largest absolute Gasteiger partial charge is 0.461 e. The van der Waals surface area contributed by atoms with Crippen molar-refractivity contribution in [2.45, 2.75) is 115 Å². The second kappa shape index (κ2) is 12.0. The van der Waals surface area contributed by atoms with E-state index in [1.54, 1.807) is 13.8 Å². The van der Waals surface area contributed by atoms with E-state index in [4.69, 9.17) is 9.57 Å². The van der Waals surface area contributed by atoms with Gasteiger partial charge in [0.2, 0.25) is 5.71 Å². The molecule has 3 unspecified atom stereocenters. The average Bonchev–Trinajstić information content (AvgIpc) is 3.12. The summed E-state index contributed by atoms with van der Waals surface area (Å²) in [5.74, 6) is 1.10. The molecule has 0 N–H and O–H groups in total. The number of fused-ring (bicyclic) bond motifs is 5. The fourth-order valence-corrected chi connectivity index (χ4v) is 8.48. The molecule has 4 bridgehead atoms. The molecule has 2 aromatic rings. The molecule has 216 valence electrons. The molecule has 2 aliphatic heterocycles. The highest BCUT2D eigenvalue weighted by molar-refractivity contribution is 6.42. The molecule has 1 aromatic carbocycles. The van der Waals surface area contributed by atoms with Crippen LogP contribution >= 0.6 is 0 Å². The van der Waals surface area contributed by atoms with Gasteiger partial charge in [-0.05, 0) is 82.8 Å². The molecule has 6 rings (SSSR count). The van der Waals surface area contributed by atoms with Crippen LogP contribution in [0.4, 0.5) is 0 Å². The quantitative estimate of drug-likeness (QED) is 0.254. The molecule has 2 aliphatic carbocycles. The number of ether oxygens (including phenoxy) is 1. The zero-order valence-corrected chi connectivity index (χ0v) is 24.1. The number of hydrogen-bond donors (Lipinski definition) is 0. The molecule has 2 saturated carbocycles. The van der Waals surface area contributed by atoms with Gasteiger partial charge in [0, 0.05) is 24.2 Å². The van der Waals surface area contributed by atoms with Crippen molar-refractivity contribution in [3.8, 4) is 0 Å². The number of carbonyl (C=O) groups excluding carboxylic acids is 1. The summed E-state index contributed by atoms with van der Waals surface area (Å²) in [4.78, 5) is 39.9. The zero-order chi connectivity index (χ0) is 27.6. The lowest BCUT2D eigenvalue weighted by Gasteiger charge is -2.54. The van der Waals surface area contributed by atoms with Crippen molar-refractivity contribution < 1.29 is 14.4 Å². The van der Waals surface area contributed by atoms with Gasteiger partial charge in [-0.3, -0.25) is 9.69 Å². The minimum Gasteiger partial charge on any atom is -0.461 e. The van der Waals surface area contributed by atoms with Crippen molar-refractivity contribution in [3.05, 3.63) is 40.3 Å². The molecule has 5 atom stereocenters. The second-order valence-corrected chi connectivity index (χ2v) is 12.4. The number of benzene rings is 1. The predicted octanol–water partition coefficient (Wildman–Crippen LogP) is 5.62. The van der Waals surface area contributed by atoms with E-state index in [-0.39, 0.29) is 36.2 Å². The minimum absolute atomic E-state index is 0.00884. The number of carbonyl (C=O) groups is 1. The van der Waals surface area contributed by atoms with Gasteiger partial charge in [0.25, 0.3) is 5.56 Å². The molecule has 40 heavy (non-hydrogen) atoms. The standard InChI is InChI=1S/C32H44N4O4/c1-3-39-32(38)30(34-40-4-2)29-31(37)36(28-15-8-7-14-27(28)33-29)26-19-23-12-9-13-24(20-26)35(23)25-17-21-10-5-6-11-22(16-21)18-25/h7-8,14-15,21-26H,3-6,9-13,16-20H2,1-2H3/t21?,22?,23-,24+,25?,26?. The highest BCUT2D eigenvalue weighted by Gasteiger charge is 2.45. The van der Waals surface area contributed by atoms with E-state index in [1.807, 2.05) is 28.8 Å². The summed E-state index contributed by atoms with van der Waals surface area (Å²) in [5, 5.41) is 4.01. The molecular weight excluding hydrogens is 504 g/mol. The minimum atomic E-state index is -0.687. The molecular formula is C32H44N4O4. The van der Waals surface area contributed by atoms with Crippen LogP contribution in [0.3, 0.4) is 0 Å². The molecule has 0 spiro atoms. The van der Waals surface area contributed by atoms with Gasteiger partial charge in [0.15, 0.2) is 5.69 Å². The Morgan fingerprint density at radius 3 is 2.25 bits per heavy atom. The molecule has 1 aromatic heterocycles. The number of hydrogen-bond acceptors (Lipinski definition) is 7. The van der Waals surface area contributed by atoms with Crippen molar-refractivity contribution in [1.29, 1.82) is 0 Å². The summed E-state index contributed by atoms with van der Waals surface area (Å²) < 4.78 is 7.16. The lowest BCUT2D eigenvalue weighted by Crippen LogP contribution is -2.58. The fraction of sp³-hybridized carbons (Fsp3) is 0.688. The first kappa shape index (κ1) is 27.4. The van der Waals surface area contributed by atoms with E-state index in [0.717, 1.165) is 30.2 Å².